The molecule has 368 valence electrons. The highest BCUT2D eigenvalue weighted by atomic mass is 16.5. The van der Waals surface area contributed by atoms with Gasteiger partial charge in [0.05, 0.1) is 37.0 Å². The van der Waals surface area contributed by atoms with Crippen molar-refractivity contribution < 1.29 is 38.2 Å². The summed E-state index contributed by atoms with van der Waals surface area (Å²) in [5, 5.41) is 12.3. The lowest BCUT2D eigenvalue weighted by Crippen LogP contribution is -2.41. The van der Waals surface area contributed by atoms with Crippen molar-refractivity contribution >= 4 is 41.0 Å². The van der Waals surface area contributed by atoms with Gasteiger partial charge in [-0.2, -0.15) is 0 Å². The summed E-state index contributed by atoms with van der Waals surface area (Å²) >= 11 is 0. The molecule has 0 radical (unpaired) electrons. The van der Waals surface area contributed by atoms with E-state index < -0.39 is 12.1 Å². The van der Waals surface area contributed by atoms with Gasteiger partial charge in [-0.1, -0.05) is 129 Å². The number of hydrogen-bond donors (Lipinski definition) is 1. The second-order valence-corrected chi connectivity index (χ2v) is 18.4. The number of carbonyl (C=O) groups is 6. The van der Waals surface area contributed by atoms with Crippen LogP contribution in [0.4, 0.5) is 10.5 Å². The lowest BCUT2D eigenvalue weighted by atomic mass is 9.95. The van der Waals surface area contributed by atoms with Crippen molar-refractivity contribution in [2.45, 2.75) is 148 Å². The zero-order valence-electron chi connectivity index (χ0n) is 40.8. The molecule has 1 aromatic heterocycles. The molecule has 1 N–H and O–H groups in total. The SMILES string of the molecule is CCC(=O)CCCCC(=O)N1Cc2ccccc2-c2nnn(CCCCC(NC(=O)OCC3c4ccccc4-c4ccccc43)C(=O)CCCCCCCOC(=O)CCC(=O)CC)c2-c2ccccc21. The fourth-order valence-corrected chi connectivity index (χ4v) is 9.59. The minimum Gasteiger partial charge on any atom is -0.466 e. The number of Topliss-reactive ketones (excluding diaryl/α,β-unsaturated/α-hetero) is 3. The van der Waals surface area contributed by atoms with Gasteiger partial charge < -0.3 is 19.7 Å². The number of rotatable bonds is 27. The third-order valence-electron chi connectivity index (χ3n) is 13.5. The Morgan fingerprint density at radius 2 is 1.24 bits per heavy atom. The Kier molecular flexibility index (Phi) is 18.8. The Morgan fingerprint density at radius 1 is 0.629 bits per heavy atom. The van der Waals surface area contributed by atoms with E-state index in [0.29, 0.717) is 96.7 Å². The number of nitrogens with zero attached hydrogens (tertiary/aromatic N) is 4. The lowest BCUT2D eigenvalue weighted by molar-refractivity contribution is -0.145. The molecule has 7 rings (SSSR count). The number of nitrogens with one attached hydrogen (secondary N) is 1. The second-order valence-electron chi connectivity index (χ2n) is 18.4. The molecule has 13 nitrogen and oxygen atoms in total. The van der Waals surface area contributed by atoms with Crippen LogP contribution in [0.1, 0.15) is 146 Å². The first-order valence-electron chi connectivity index (χ1n) is 25.4. The summed E-state index contributed by atoms with van der Waals surface area (Å²) in [6.07, 6.45) is 8.54. The molecule has 70 heavy (non-hydrogen) atoms. The van der Waals surface area contributed by atoms with E-state index in [1.165, 1.54) is 0 Å². The third kappa shape index (κ3) is 13.3. The van der Waals surface area contributed by atoms with Gasteiger partial charge in [-0.15, -0.1) is 5.10 Å². The predicted octanol–water partition coefficient (Wildman–Crippen LogP) is 11.3. The van der Waals surface area contributed by atoms with Crippen LogP contribution >= 0.6 is 0 Å². The molecule has 0 saturated carbocycles. The van der Waals surface area contributed by atoms with E-state index >= 15 is 0 Å². The van der Waals surface area contributed by atoms with E-state index in [-0.39, 0.29) is 54.6 Å². The molecule has 2 amide bonds. The van der Waals surface area contributed by atoms with Crippen LogP contribution in [0, 0.1) is 0 Å². The van der Waals surface area contributed by atoms with E-state index in [4.69, 9.17) is 14.6 Å². The Hall–Kier alpha value is -6.76. The van der Waals surface area contributed by atoms with Gasteiger partial charge in [-0.3, -0.25) is 24.0 Å². The molecular formula is C57H67N5O8. The summed E-state index contributed by atoms with van der Waals surface area (Å²) in [7, 11) is 0. The molecule has 13 heteroatoms. The summed E-state index contributed by atoms with van der Waals surface area (Å²) in [6, 6.07) is 31.4. The first-order chi connectivity index (χ1) is 34.2. The van der Waals surface area contributed by atoms with Crippen LogP contribution in [0.25, 0.3) is 33.6 Å². The Morgan fingerprint density at radius 3 is 1.99 bits per heavy atom. The minimum atomic E-state index is -0.752. The molecular weight excluding hydrogens is 883 g/mol. The topological polar surface area (TPSA) is 167 Å². The summed E-state index contributed by atoms with van der Waals surface area (Å²) in [5.74, 6) is -0.281. The van der Waals surface area contributed by atoms with E-state index in [9.17, 15) is 28.8 Å². The Balaban J connectivity index is 0.993. The average Bonchev–Trinajstić information content (AvgIpc) is 3.94. The normalized spacial score (nSPS) is 12.9. The molecule has 1 atom stereocenters. The number of anilines is 1. The van der Waals surface area contributed by atoms with Crippen LogP contribution in [0.3, 0.4) is 0 Å². The zero-order valence-corrected chi connectivity index (χ0v) is 40.8. The van der Waals surface area contributed by atoms with E-state index in [2.05, 4.69) is 34.8 Å². The van der Waals surface area contributed by atoms with Crippen LogP contribution in [-0.4, -0.2) is 69.6 Å². The number of hydrogen-bond acceptors (Lipinski definition) is 10. The van der Waals surface area contributed by atoms with Gasteiger partial charge in [0.25, 0.3) is 0 Å². The maximum atomic E-state index is 14.0. The minimum absolute atomic E-state index is 0.00968. The smallest absolute Gasteiger partial charge is 0.407 e. The number of benzene rings is 4. The Labute approximate surface area is 411 Å². The van der Waals surface area contributed by atoms with Crippen LogP contribution in [-0.2, 0) is 46.5 Å². The van der Waals surface area contributed by atoms with Gasteiger partial charge >= 0.3 is 12.1 Å². The third-order valence-corrected chi connectivity index (χ3v) is 13.5. The van der Waals surface area contributed by atoms with Gasteiger partial charge in [-0.25, -0.2) is 9.48 Å². The summed E-state index contributed by atoms with van der Waals surface area (Å²) < 4.78 is 13.1. The molecule has 0 spiro atoms. The number of fused-ring (bicyclic) bond motifs is 8. The van der Waals surface area contributed by atoms with Crippen molar-refractivity contribution in [2.75, 3.05) is 18.1 Å². The zero-order chi connectivity index (χ0) is 49.2. The van der Waals surface area contributed by atoms with E-state index in [1.807, 2.05) is 89.3 Å². The lowest BCUT2D eigenvalue weighted by Gasteiger charge is -2.29. The van der Waals surface area contributed by atoms with Crippen LogP contribution in [0.15, 0.2) is 97.1 Å². The molecule has 0 saturated heterocycles. The van der Waals surface area contributed by atoms with Crippen LogP contribution < -0.4 is 10.2 Å². The number of ether oxygens (including phenoxy) is 2. The number of carbonyl (C=O) groups excluding carboxylic acids is 6. The van der Waals surface area contributed by atoms with Crippen molar-refractivity contribution in [2.24, 2.45) is 0 Å². The van der Waals surface area contributed by atoms with Gasteiger partial charge in [0.1, 0.15) is 23.9 Å². The number of ketones is 3. The number of esters is 1. The molecule has 0 fully saturated rings. The second kappa shape index (κ2) is 25.7. The summed E-state index contributed by atoms with van der Waals surface area (Å²) in [5.41, 5.74) is 9.50. The van der Waals surface area contributed by atoms with E-state index in [1.54, 1.807) is 6.92 Å². The quantitative estimate of drug-likeness (QED) is 0.0395. The highest BCUT2D eigenvalue weighted by Crippen LogP contribution is 2.45. The van der Waals surface area contributed by atoms with Gasteiger partial charge in [0.2, 0.25) is 5.91 Å². The number of aryl methyl sites for hydroxylation is 1. The maximum Gasteiger partial charge on any atom is 0.407 e. The average molecular weight is 950 g/mol. The number of aromatic nitrogens is 3. The fraction of sp³-hybridized carbons (Fsp3) is 0.439. The summed E-state index contributed by atoms with van der Waals surface area (Å²) in [6.45, 7) is 4.95. The van der Waals surface area contributed by atoms with Crippen molar-refractivity contribution in [3.8, 4) is 33.6 Å². The van der Waals surface area contributed by atoms with Gasteiger partial charge in [0.15, 0.2) is 5.78 Å². The first-order valence-corrected chi connectivity index (χ1v) is 25.4. The van der Waals surface area contributed by atoms with E-state index in [0.717, 1.165) is 75.3 Å². The fourth-order valence-electron chi connectivity index (χ4n) is 9.59. The van der Waals surface area contributed by atoms with Crippen LogP contribution in [0.2, 0.25) is 0 Å². The predicted molar refractivity (Wildman–Crippen MR) is 270 cm³/mol. The molecule has 0 bridgehead atoms. The van der Waals surface area contributed by atoms with Crippen molar-refractivity contribution in [3.63, 3.8) is 0 Å². The van der Waals surface area contributed by atoms with Crippen molar-refractivity contribution in [1.82, 2.24) is 20.3 Å². The van der Waals surface area contributed by atoms with Gasteiger partial charge in [0, 0.05) is 62.1 Å². The largest absolute Gasteiger partial charge is 0.466 e. The standard InChI is InChI=1S/C57H67N5O8/c1-3-41(63)23-10-18-33-53(66)61-38-40-22-9-11-24-43(40)55-56(48-29-16-17-31-51(48)61)62(60-59-55)36-20-19-30-50(52(65)32-8-6-5-7-21-37-69-54(67)35-34-42(64)4-2)58-57(68)70-39-49-46-27-14-12-25-44(46)45-26-13-15-28-47(45)49/h9,11-17,22,24-29,31,49-50H,3-8,10,18-21,23,30,32-39H2,1-2H3,(H,58,68). The molecule has 1 aliphatic carbocycles. The Bertz CT molecular complexity index is 2570. The molecule has 4 aromatic carbocycles. The maximum absolute atomic E-state index is 14.0. The van der Waals surface area contributed by atoms with Crippen LogP contribution in [0.5, 0.6) is 0 Å². The number of unbranched alkanes of at least 4 members (excludes halogenated alkanes) is 6. The first kappa shape index (κ1) is 51.1. The number of amides is 2. The van der Waals surface area contributed by atoms with Crippen molar-refractivity contribution in [3.05, 3.63) is 114 Å². The highest BCUT2D eigenvalue weighted by molar-refractivity contribution is 6.00. The van der Waals surface area contributed by atoms with Crippen molar-refractivity contribution in [1.29, 1.82) is 0 Å². The monoisotopic (exact) mass is 949 g/mol. The number of alkyl carbamates (subject to hydrolysis) is 1. The molecule has 1 aliphatic heterocycles. The summed E-state index contributed by atoms with van der Waals surface area (Å²) in [4.78, 5) is 78.8. The number of para-hydroxylation sites is 1. The molecule has 1 unspecified atom stereocenters. The molecule has 2 aliphatic rings. The highest BCUT2D eigenvalue weighted by Gasteiger charge is 2.31. The molecule has 5 aromatic rings. The molecule has 2 heterocycles. The van der Waals surface area contributed by atoms with Gasteiger partial charge in [-0.05, 0) is 78.8 Å².